The van der Waals surface area contributed by atoms with Crippen LogP contribution < -0.4 is 5.11 Å². The van der Waals surface area contributed by atoms with Crippen molar-refractivity contribution < 1.29 is 10.0 Å². The number of rotatable bonds is 1. The monoisotopic (exact) mass is 154 g/mol. The number of nitro groups is 1. The van der Waals surface area contributed by atoms with Gasteiger partial charge in [0.25, 0.3) is 0 Å². The van der Waals surface area contributed by atoms with Crippen LogP contribution in [0.1, 0.15) is 6.92 Å². The molecular formula is C5H4N3O3-. The maximum atomic E-state index is 10.6. The van der Waals surface area contributed by atoms with Crippen LogP contribution in [0.2, 0.25) is 0 Å². The van der Waals surface area contributed by atoms with E-state index in [1.165, 1.54) is 6.92 Å². The predicted octanol–water partition coefficient (Wildman–Crippen LogP) is 0.162. The van der Waals surface area contributed by atoms with Gasteiger partial charge in [-0.25, -0.2) is 0 Å². The normalized spacial score (nSPS) is 19.9. The van der Waals surface area contributed by atoms with E-state index in [2.05, 4.69) is 10.2 Å². The van der Waals surface area contributed by atoms with Crippen molar-refractivity contribution in [1.82, 2.24) is 0 Å². The average Bonchev–Trinajstić information content (AvgIpc) is 2.32. The van der Waals surface area contributed by atoms with Crippen LogP contribution in [0.5, 0.6) is 0 Å². The molecule has 0 radical (unpaired) electrons. The SMILES string of the molecule is CC([O-])=C1N=NC=C1[N+](=O)[O-]. The predicted molar refractivity (Wildman–Crippen MR) is 32.6 cm³/mol. The first-order valence-corrected chi connectivity index (χ1v) is 2.76. The van der Waals surface area contributed by atoms with E-state index in [0.717, 1.165) is 6.20 Å². The van der Waals surface area contributed by atoms with Gasteiger partial charge in [0.15, 0.2) is 5.70 Å². The Balaban J connectivity index is 3.05. The van der Waals surface area contributed by atoms with Crippen LogP contribution in [0.3, 0.4) is 0 Å². The molecule has 0 fully saturated rings. The topological polar surface area (TPSA) is 90.9 Å². The lowest BCUT2D eigenvalue weighted by Gasteiger charge is -2.03. The minimum atomic E-state index is -0.684. The molecule has 0 aromatic rings. The van der Waals surface area contributed by atoms with E-state index in [1.807, 2.05) is 0 Å². The molecule has 0 unspecified atom stereocenters. The van der Waals surface area contributed by atoms with Crippen molar-refractivity contribution in [3.63, 3.8) is 0 Å². The van der Waals surface area contributed by atoms with Gasteiger partial charge in [0.1, 0.15) is 6.20 Å². The molecule has 0 saturated carbocycles. The van der Waals surface area contributed by atoms with Crippen LogP contribution in [-0.2, 0) is 0 Å². The molecule has 0 N–H and O–H groups in total. The molecule has 0 atom stereocenters. The first-order chi connectivity index (χ1) is 5.13. The van der Waals surface area contributed by atoms with Gasteiger partial charge in [-0.1, -0.05) is 6.92 Å². The van der Waals surface area contributed by atoms with E-state index in [9.17, 15) is 15.2 Å². The van der Waals surface area contributed by atoms with Gasteiger partial charge in [-0.15, -0.1) is 10.9 Å². The second-order valence-electron chi connectivity index (χ2n) is 1.89. The Labute approximate surface area is 61.7 Å². The van der Waals surface area contributed by atoms with Crippen molar-refractivity contribution in [2.24, 2.45) is 10.2 Å². The molecule has 0 saturated heterocycles. The lowest BCUT2D eigenvalue weighted by atomic mass is 10.3. The molecule has 0 spiro atoms. The Hall–Kier alpha value is -1.72. The fraction of sp³-hybridized carbons (Fsp3) is 0.200. The van der Waals surface area contributed by atoms with Gasteiger partial charge < -0.3 is 5.11 Å². The summed E-state index contributed by atoms with van der Waals surface area (Å²) in [7, 11) is 0. The van der Waals surface area contributed by atoms with E-state index in [-0.39, 0.29) is 11.4 Å². The van der Waals surface area contributed by atoms with Crippen LogP contribution in [0.4, 0.5) is 0 Å². The maximum absolute atomic E-state index is 10.6. The largest absolute Gasteiger partial charge is 0.874 e. The van der Waals surface area contributed by atoms with Gasteiger partial charge in [-0.3, -0.25) is 10.1 Å². The second-order valence-corrected chi connectivity index (χ2v) is 1.89. The Bertz CT molecular complexity index is 285. The molecule has 0 aliphatic carbocycles. The zero-order valence-electron chi connectivity index (χ0n) is 5.64. The van der Waals surface area contributed by atoms with Gasteiger partial charge in [0.05, 0.1) is 4.92 Å². The molecule has 0 bridgehead atoms. The number of nitrogens with zero attached hydrogens (tertiary/aromatic N) is 3. The minimum Gasteiger partial charge on any atom is -0.874 e. The molecule has 1 aliphatic rings. The summed E-state index contributed by atoms with van der Waals surface area (Å²) >= 11 is 0. The molecule has 0 aromatic heterocycles. The van der Waals surface area contributed by atoms with E-state index >= 15 is 0 Å². The van der Waals surface area contributed by atoms with Gasteiger partial charge in [0.2, 0.25) is 0 Å². The highest BCUT2D eigenvalue weighted by atomic mass is 16.6. The number of azo groups is 1. The zero-order chi connectivity index (χ0) is 8.43. The summed E-state index contributed by atoms with van der Waals surface area (Å²) in [6, 6.07) is 0. The summed E-state index contributed by atoms with van der Waals surface area (Å²) in [5.41, 5.74) is -0.521. The fourth-order valence-electron chi connectivity index (χ4n) is 0.638. The molecule has 6 nitrogen and oxygen atoms in total. The highest BCUT2D eigenvalue weighted by Crippen LogP contribution is 2.20. The highest BCUT2D eigenvalue weighted by Gasteiger charge is 2.20. The van der Waals surface area contributed by atoms with Crippen LogP contribution in [0.25, 0.3) is 0 Å². The van der Waals surface area contributed by atoms with Gasteiger partial charge in [0, 0.05) is 0 Å². The first kappa shape index (κ1) is 7.39. The number of allylic oxidation sites excluding steroid dienone is 1. The Morgan fingerprint density at radius 2 is 2.36 bits per heavy atom. The number of hydrogen-bond acceptors (Lipinski definition) is 5. The van der Waals surface area contributed by atoms with Crippen molar-refractivity contribution in [2.75, 3.05) is 0 Å². The summed E-state index contributed by atoms with van der Waals surface area (Å²) in [4.78, 5) is 9.48. The third-order valence-electron chi connectivity index (χ3n) is 1.11. The van der Waals surface area contributed by atoms with Gasteiger partial charge >= 0.3 is 5.70 Å². The molecule has 6 heteroatoms. The van der Waals surface area contributed by atoms with E-state index in [4.69, 9.17) is 0 Å². The lowest BCUT2D eigenvalue weighted by Crippen LogP contribution is -2.07. The smallest absolute Gasteiger partial charge is 0.315 e. The van der Waals surface area contributed by atoms with E-state index in [0.29, 0.717) is 0 Å². The van der Waals surface area contributed by atoms with Crippen LogP contribution in [0.15, 0.2) is 33.6 Å². The van der Waals surface area contributed by atoms with Crippen molar-refractivity contribution in [1.29, 1.82) is 0 Å². The summed E-state index contributed by atoms with van der Waals surface area (Å²) in [5, 5.41) is 27.3. The summed E-state index contributed by atoms with van der Waals surface area (Å²) in [6.07, 6.45) is 0.955. The zero-order valence-corrected chi connectivity index (χ0v) is 5.64. The molecule has 0 aromatic carbocycles. The summed E-state index contributed by atoms with van der Waals surface area (Å²) < 4.78 is 0. The third-order valence-corrected chi connectivity index (χ3v) is 1.11. The Kier molecular flexibility index (Phi) is 1.67. The molecule has 58 valence electrons. The molecule has 1 rings (SSSR count). The van der Waals surface area contributed by atoms with Crippen LogP contribution in [0, 0.1) is 10.1 Å². The Morgan fingerprint density at radius 3 is 2.73 bits per heavy atom. The fourth-order valence-corrected chi connectivity index (χ4v) is 0.638. The highest BCUT2D eigenvalue weighted by molar-refractivity contribution is 5.27. The van der Waals surface area contributed by atoms with Crippen molar-refractivity contribution in [2.45, 2.75) is 6.92 Å². The Morgan fingerprint density at radius 1 is 1.73 bits per heavy atom. The number of hydrogen-bond donors (Lipinski definition) is 0. The van der Waals surface area contributed by atoms with Crippen molar-refractivity contribution in [3.05, 3.63) is 33.5 Å². The average molecular weight is 154 g/mol. The first-order valence-electron chi connectivity index (χ1n) is 2.76. The van der Waals surface area contributed by atoms with Crippen molar-refractivity contribution >= 4 is 0 Å². The quantitative estimate of drug-likeness (QED) is 0.306. The van der Waals surface area contributed by atoms with Gasteiger partial charge in [-0.2, -0.15) is 5.11 Å². The second kappa shape index (κ2) is 2.49. The standard InChI is InChI=1S/C5H5N3O3/c1-3(9)5-4(8(10)11)2-6-7-5/h2,9H,1H3/p-1. The molecular weight excluding hydrogens is 150 g/mol. The third kappa shape index (κ3) is 1.23. The lowest BCUT2D eigenvalue weighted by molar-refractivity contribution is -0.422. The molecule has 1 aliphatic heterocycles. The van der Waals surface area contributed by atoms with Crippen LogP contribution in [-0.4, -0.2) is 4.92 Å². The van der Waals surface area contributed by atoms with E-state index in [1.54, 1.807) is 0 Å². The van der Waals surface area contributed by atoms with Crippen molar-refractivity contribution in [3.8, 4) is 0 Å². The summed E-state index contributed by atoms with van der Waals surface area (Å²) in [6.45, 7) is 1.21. The molecule has 11 heavy (non-hydrogen) atoms. The minimum absolute atomic E-state index is 0.185. The summed E-state index contributed by atoms with van der Waals surface area (Å²) in [5.74, 6) is -0.450. The molecule has 1 heterocycles. The molecule has 0 amide bonds. The van der Waals surface area contributed by atoms with Gasteiger partial charge in [-0.05, 0) is 0 Å². The van der Waals surface area contributed by atoms with Crippen LogP contribution >= 0.6 is 0 Å². The maximum Gasteiger partial charge on any atom is 0.315 e. The van der Waals surface area contributed by atoms with E-state index < -0.39 is 10.7 Å².